The van der Waals surface area contributed by atoms with Crippen LogP contribution in [0.1, 0.15) is 25.7 Å². The van der Waals surface area contributed by atoms with Gasteiger partial charge in [-0.25, -0.2) is 0 Å². The van der Waals surface area contributed by atoms with Crippen LogP contribution in [0.5, 0.6) is 0 Å². The number of anilines is 2. The van der Waals surface area contributed by atoms with E-state index in [1.807, 2.05) is 6.26 Å². The molecule has 96 valence electrons. The van der Waals surface area contributed by atoms with Gasteiger partial charge < -0.3 is 15.8 Å². The maximum Gasteiger partial charge on any atom is 0.153 e. The summed E-state index contributed by atoms with van der Waals surface area (Å²) in [5.41, 5.74) is 5.78. The van der Waals surface area contributed by atoms with Crippen LogP contribution in [0.2, 0.25) is 0 Å². The minimum Gasteiger partial charge on any atom is -0.382 e. The first-order chi connectivity index (χ1) is 8.31. The SMILES string of the molecule is CSc1c(N)nsc1NCCC1CCCCO1. The second-order valence-corrected chi connectivity index (χ2v) is 5.72. The van der Waals surface area contributed by atoms with Crippen molar-refractivity contribution in [1.29, 1.82) is 0 Å². The molecule has 1 aromatic heterocycles. The van der Waals surface area contributed by atoms with Gasteiger partial charge in [-0.15, -0.1) is 11.8 Å². The standard InChI is InChI=1S/C11H19N3OS2/c1-16-9-10(12)14-17-11(9)13-6-5-8-4-2-3-7-15-8/h8,13H,2-7H2,1H3,(H2,12,14). The molecule has 2 heterocycles. The molecule has 1 aliphatic heterocycles. The monoisotopic (exact) mass is 273 g/mol. The molecule has 4 nitrogen and oxygen atoms in total. The summed E-state index contributed by atoms with van der Waals surface area (Å²) < 4.78 is 9.85. The normalized spacial score (nSPS) is 20.4. The van der Waals surface area contributed by atoms with Crippen molar-refractivity contribution in [3.05, 3.63) is 0 Å². The van der Waals surface area contributed by atoms with Crippen LogP contribution in [-0.2, 0) is 4.74 Å². The van der Waals surface area contributed by atoms with E-state index in [4.69, 9.17) is 10.5 Å². The van der Waals surface area contributed by atoms with Crippen LogP contribution in [0.3, 0.4) is 0 Å². The number of nitrogens with zero attached hydrogens (tertiary/aromatic N) is 1. The quantitative estimate of drug-likeness (QED) is 0.808. The molecule has 0 aliphatic carbocycles. The second kappa shape index (κ2) is 6.47. The number of nitrogens with one attached hydrogen (secondary N) is 1. The summed E-state index contributed by atoms with van der Waals surface area (Å²) >= 11 is 3.08. The summed E-state index contributed by atoms with van der Waals surface area (Å²) in [7, 11) is 0. The number of nitrogens with two attached hydrogens (primary N) is 1. The van der Waals surface area contributed by atoms with Gasteiger partial charge in [-0.2, -0.15) is 4.37 Å². The lowest BCUT2D eigenvalue weighted by atomic mass is 10.1. The number of nitrogen functional groups attached to an aromatic ring is 1. The van der Waals surface area contributed by atoms with E-state index >= 15 is 0 Å². The molecular weight excluding hydrogens is 254 g/mol. The van der Waals surface area contributed by atoms with Crippen LogP contribution in [0, 0.1) is 0 Å². The van der Waals surface area contributed by atoms with Crippen LogP contribution in [0.15, 0.2) is 4.90 Å². The van der Waals surface area contributed by atoms with Crippen LogP contribution < -0.4 is 11.1 Å². The van der Waals surface area contributed by atoms with Crippen molar-refractivity contribution in [2.45, 2.75) is 36.7 Å². The van der Waals surface area contributed by atoms with Crippen LogP contribution in [0.4, 0.5) is 10.8 Å². The lowest BCUT2D eigenvalue weighted by Crippen LogP contribution is -2.21. The molecule has 1 atom stereocenters. The summed E-state index contributed by atoms with van der Waals surface area (Å²) in [4.78, 5) is 1.07. The lowest BCUT2D eigenvalue weighted by Gasteiger charge is -2.22. The summed E-state index contributed by atoms with van der Waals surface area (Å²) in [6.07, 6.45) is 7.22. The van der Waals surface area contributed by atoms with Gasteiger partial charge in [-0.3, -0.25) is 0 Å². The maximum atomic E-state index is 5.78. The van der Waals surface area contributed by atoms with Crippen molar-refractivity contribution in [3.63, 3.8) is 0 Å². The molecule has 17 heavy (non-hydrogen) atoms. The van der Waals surface area contributed by atoms with Gasteiger partial charge in [0.25, 0.3) is 0 Å². The molecule has 0 amide bonds. The van der Waals surface area contributed by atoms with E-state index in [2.05, 4.69) is 9.69 Å². The van der Waals surface area contributed by atoms with Crippen LogP contribution in [-0.4, -0.2) is 29.9 Å². The third-order valence-corrected chi connectivity index (χ3v) is 4.67. The van der Waals surface area contributed by atoms with Crippen molar-refractivity contribution in [3.8, 4) is 0 Å². The molecule has 2 rings (SSSR count). The lowest BCUT2D eigenvalue weighted by molar-refractivity contribution is 0.0134. The van der Waals surface area contributed by atoms with E-state index in [9.17, 15) is 0 Å². The number of hydrogen-bond acceptors (Lipinski definition) is 6. The van der Waals surface area contributed by atoms with E-state index in [-0.39, 0.29) is 0 Å². The Balaban J connectivity index is 1.77. The van der Waals surface area contributed by atoms with Gasteiger partial charge in [-0.05, 0) is 43.5 Å². The Bertz CT molecular complexity index is 350. The number of aromatic nitrogens is 1. The summed E-state index contributed by atoms with van der Waals surface area (Å²) in [6, 6.07) is 0. The first kappa shape index (κ1) is 13.0. The largest absolute Gasteiger partial charge is 0.382 e. The molecule has 0 bridgehead atoms. The predicted molar refractivity (Wildman–Crippen MR) is 75.0 cm³/mol. The minimum absolute atomic E-state index is 0.430. The van der Waals surface area contributed by atoms with E-state index in [0.717, 1.165) is 29.5 Å². The van der Waals surface area contributed by atoms with Crippen LogP contribution >= 0.6 is 23.3 Å². The average molecular weight is 273 g/mol. The van der Waals surface area contributed by atoms with Crippen LogP contribution in [0.25, 0.3) is 0 Å². The Morgan fingerprint density at radius 2 is 2.47 bits per heavy atom. The Morgan fingerprint density at radius 3 is 3.18 bits per heavy atom. The average Bonchev–Trinajstić information content (AvgIpc) is 2.71. The highest BCUT2D eigenvalue weighted by Gasteiger charge is 2.14. The van der Waals surface area contributed by atoms with Gasteiger partial charge >= 0.3 is 0 Å². The predicted octanol–water partition coefficient (Wildman–Crippen LogP) is 2.82. The minimum atomic E-state index is 0.430. The Labute approximate surface area is 110 Å². The highest BCUT2D eigenvalue weighted by atomic mass is 32.2. The molecule has 6 heteroatoms. The molecular formula is C11H19N3OS2. The smallest absolute Gasteiger partial charge is 0.153 e. The molecule has 1 fully saturated rings. The molecule has 1 saturated heterocycles. The summed E-state index contributed by atoms with van der Waals surface area (Å²) in [5, 5.41) is 4.50. The summed E-state index contributed by atoms with van der Waals surface area (Å²) in [5.74, 6) is 0.638. The molecule has 1 aromatic rings. The van der Waals surface area contributed by atoms with E-state index < -0.39 is 0 Å². The molecule has 0 spiro atoms. The fourth-order valence-electron chi connectivity index (χ4n) is 1.99. The number of rotatable bonds is 5. The first-order valence-corrected chi connectivity index (χ1v) is 7.95. The van der Waals surface area contributed by atoms with E-state index in [1.54, 1.807) is 11.8 Å². The highest BCUT2D eigenvalue weighted by Crippen LogP contribution is 2.34. The Kier molecular flexibility index (Phi) is 4.94. The molecule has 0 aromatic carbocycles. The second-order valence-electron chi connectivity index (χ2n) is 4.13. The van der Waals surface area contributed by atoms with Crippen molar-refractivity contribution >= 4 is 34.1 Å². The molecule has 1 aliphatic rings. The third-order valence-electron chi connectivity index (χ3n) is 2.90. The van der Waals surface area contributed by atoms with Gasteiger partial charge in [0, 0.05) is 13.2 Å². The zero-order chi connectivity index (χ0) is 12.1. The number of ether oxygens (including phenoxy) is 1. The van der Waals surface area contributed by atoms with Crippen molar-refractivity contribution in [2.24, 2.45) is 0 Å². The Morgan fingerprint density at radius 1 is 1.59 bits per heavy atom. The van der Waals surface area contributed by atoms with Crippen molar-refractivity contribution in [1.82, 2.24) is 4.37 Å². The van der Waals surface area contributed by atoms with Gasteiger partial charge in [0.05, 0.1) is 11.0 Å². The number of thioether (sulfide) groups is 1. The van der Waals surface area contributed by atoms with Gasteiger partial charge in [0.2, 0.25) is 0 Å². The van der Waals surface area contributed by atoms with Gasteiger partial charge in [0.1, 0.15) is 5.00 Å². The molecule has 0 saturated carbocycles. The topological polar surface area (TPSA) is 60.2 Å². The fraction of sp³-hybridized carbons (Fsp3) is 0.727. The van der Waals surface area contributed by atoms with Crippen molar-refractivity contribution < 1.29 is 4.74 Å². The summed E-state index contributed by atoms with van der Waals surface area (Å²) in [6.45, 7) is 1.86. The van der Waals surface area contributed by atoms with E-state index in [0.29, 0.717) is 11.9 Å². The van der Waals surface area contributed by atoms with Gasteiger partial charge in [-0.1, -0.05) is 0 Å². The van der Waals surface area contributed by atoms with Crippen molar-refractivity contribution in [2.75, 3.05) is 30.5 Å². The molecule has 0 radical (unpaired) electrons. The maximum absolute atomic E-state index is 5.78. The fourth-order valence-corrected chi connectivity index (χ4v) is 3.55. The third kappa shape index (κ3) is 3.50. The molecule has 1 unspecified atom stereocenters. The zero-order valence-corrected chi connectivity index (χ0v) is 11.7. The van der Waals surface area contributed by atoms with Gasteiger partial charge in [0.15, 0.2) is 5.82 Å². The first-order valence-electron chi connectivity index (χ1n) is 5.96. The Hall–Kier alpha value is -0.460. The number of hydrogen-bond donors (Lipinski definition) is 2. The highest BCUT2D eigenvalue weighted by molar-refractivity contribution is 7.99. The van der Waals surface area contributed by atoms with E-state index in [1.165, 1.54) is 30.8 Å². The molecule has 3 N–H and O–H groups in total. The zero-order valence-electron chi connectivity index (χ0n) is 10.1.